The molecular formula is C13H22N2O2S. The van der Waals surface area contributed by atoms with E-state index >= 15 is 0 Å². The minimum Gasteiger partial charge on any atom is -0.393 e. The van der Waals surface area contributed by atoms with E-state index < -0.39 is 0 Å². The summed E-state index contributed by atoms with van der Waals surface area (Å²) in [6.45, 7) is 6.43. The Hall–Kier alpha value is -1.07. The molecule has 0 bridgehead atoms. The Kier molecular flexibility index (Phi) is 6.15. The fourth-order valence-corrected chi connectivity index (χ4v) is 2.44. The van der Waals surface area contributed by atoms with Crippen LogP contribution in [0.5, 0.6) is 0 Å². The third kappa shape index (κ3) is 5.06. The molecule has 0 aliphatic rings. The highest BCUT2D eigenvalue weighted by molar-refractivity contribution is 7.12. The largest absolute Gasteiger partial charge is 0.393 e. The van der Waals surface area contributed by atoms with Gasteiger partial charge in [-0.05, 0) is 38.8 Å². The SMILES string of the molecule is CC[C@@H](O)CCNC(=O)N[C@@H](C)c1ccc(C)s1. The zero-order chi connectivity index (χ0) is 13.5. The summed E-state index contributed by atoms with van der Waals surface area (Å²) in [4.78, 5) is 14.0. The average Bonchev–Trinajstić information content (AvgIpc) is 2.75. The molecule has 1 aromatic rings. The molecule has 1 aromatic heterocycles. The molecule has 0 aromatic carbocycles. The second-order valence-electron chi connectivity index (χ2n) is 4.42. The molecule has 0 saturated heterocycles. The highest BCUT2D eigenvalue weighted by atomic mass is 32.1. The summed E-state index contributed by atoms with van der Waals surface area (Å²) in [5.74, 6) is 0. The summed E-state index contributed by atoms with van der Waals surface area (Å²) in [5, 5.41) is 15.0. The van der Waals surface area contributed by atoms with Crippen molar-refractivity contribution in [3.8, 4) is 0 Å². The maximum absolute atomic E-state index is 11.6. The molecule has 0 radical (unpaired) electrons. The summed E-state index contributed by atoms with van der Waals surface area (Å²) in [6, 6.07) is 3.91. The first kappa shape index (κ1) is 15.0. The van der Waals surface area contributed by atoms with Crippen LogP contribution < -0.4 is 10.6 Å². The fraction of sp³-hybridized carbons (Fsp3) is 0.615. The Morgan fingerprint density at radius 3 is 2.78 bits per heavy atom. The lowest BCUT2D eigenvalue weighted by Crippen LogP contribution is -2.38. The molecule has 102 valence electrons. The van der Waals surface area contributed by atoms with Crippen LogP contribution >= 0.6 is 11.3 Å². The van der Waals surface area contributed by atoms with Gasteiger partial charge >= 0.3 is 6.03 Å². The van der Waals surface area contributed by atoms with Crippen LogP contribution in [0.2, 0.25) is 0 Å². The molecule has 1 heterocycles. The lowest BCUT2D eigenvalue weighted by molar-refractivity contribution is 0.160. The van der Waals surface area contributed by atoms with Crippen LogP contribution in [0.3, 0.4) is 0 Å². The lowest BCUT2D eigenvalue weighted by atomic mass is 10.2. The van der Waals surface area contributed by atoms with Crippen molar-refractivity contribution in [1.82, 2.24) is 10.6 Å². The molecule has 2 atom stereocenters. The number of carbonyl (C=O) groups excluding carboxylic acids is 1. The van der Waals surface area contributed by atoms with Crippen molar-refractivity contribution in [3.05, 3.63) is 21.9 Å². The maximum Gasteiger partial charge on any atom is 0.315 e. The van der Waals surface area contributed by atoms with Gasteiger partial charge in [-0.1, -0.05) is 6.92 Å². The summed E-state index contributed by atoms with van der Waals surface area (Å²) in [5.41, 5.74) is 0. The predicted molar refractivity (Wildman–Crippen MR) is 74.9 cm³/mol. The van der Waals surface area contributed by atoms with Gasteiger partial charge < -0.3 is 15.7 Å². The maximum atomic E-state index is 11.6. The van der Waals surface area contributed by atoms with Crippen LogP contribution in [0.1, 0.15) is 42.5 Å². The van der Waals surface area contributed by atoms with Gasteiger partial charge in [0.15, 0.2) is 0 Å². The second kappa shape index (κ2) is 7.38. The highest BCUT2D eigenvalue weighted by Crippen LogP contribution is 2.21. The lowest BCUT2D eigenvalue weighted by Gasteiger charge is -2.14. The number of carbonyl (C=O) groups is 1. The molecule has 0 aliphatic heterocycles. The molecule has 0 unspecified atom stereocenters. The Labute approximate surface area is 112 Å². The van der Waals surface area contributed by atoms with Gasteiger partial charge in [-0.15, -0.1) is 11.3 Å². The third-order valence-electron chi connectivity index (χ3n) is 2.77. The van der Waals surface area contributed by atoms with Gasteiger partial charge in [0.2, 0.25) is 0 Å². The molecule has 0 spiro atoms. The summed E-state index contributed by atoms with van der Waals surface area (Å²) in [7, 11) is 0. The van der Waals surface area contributed by atoms with Crippen molar-refractivity contribution in [1.29, 1.82) is 0 Å². The number of thiophene rings is 1. The summed E-state index contributed by atoms with van der Waals surface area (Å²) < 4.78 is 0. The first-order chi connectivity index (χ1) is 8.52. The molecular weight excluding hydrogens is 248 g/mol. The second-order valence-corrected chi connectivity index (χ2v) is 5.74. The van der Waals surface area contributed by atoms with Gasteiger partial charge in [-0.25, -0.2) is 4.79 Å². The van der Waals surface area contributed by atoms with Gasteiger partial charge in [0, 0.05) is 16.3 Å². The number of urea groups is 1. The van der Waals surface area contributed by atoms with E-state index in [1.807, 2.05) is 32.9 Å². The molecule has 5 heteroatoms. The Balaban J connectivity index is 2.27. The molecule has 1 rings (SSSR count). The molecule has 0 fully saturated rings. The van der Waals surface area contributed by atoms with Gasteiger partial charge in [0.05, 0.1) is 12.1 Å². The van der Waals surface area contributed by atoms with E-state index in [4.69, 9.17) is 0 Å². The number of amides is 2. The quantitative estimate of drug-likeness (QED) is 0.744. The van der Waals surface area contributed by atoms with Crippen LogP contribution in [-0.4, -0.2) is 23.8 Å². The number of aliphatic hydroxyl groups is 1. The topological polar surface area (TPSA) is 61.4 Å². The molecule has 0 saturated carbocycles. The van der Waals surface area contributed by atoms with E-state index in [-0.39, 0.29) is 18.2 Å². The average molecular weight is 270 g/mol. The zero-order valence-electron chi connectivity index (χ0n) is 11.2. The van der Waals surface area contributed by atoms with E-state index in [1.54, 1.807) is 11.3 Å². The smallest absolute Gasteiger partial charge is 0.315 e. The van der Waals surface area contributed by atoms with E-state index in [9.17, 15) is 9.90 Å². The zero-order valence-corrected chi connectivity index (χ0v) is 12.0. The number of rotatable bonds is 6. The molecule has 2 amide bonds. The normalized spacial score (nSPS) is 14.0. The number of aliphatic hydroxyl groups excluding tert-OH is 1. The number of hydrogen-bond acceptors (Lipinski definition) is 3. The molecule has 4 nitrogen and oxygen atoms in total. The minimum atomic E-state index is -0.331. The van der Waals surface area contributed by atoms with Crippen molar-refractivity contribution >= 4 is 17.4 Å². The monoisotopic (exact) mass is 270 g/mol. The van der Waals surface area contributed by atoms with Crippen LogP contribution in [0.25, 0.3) is 0 Å². The number of nitrogens with one attached hydrogen (secondary N) is 2. The van der Waals surface area contributed by atoms with Gasteiger partial charge in [0.1, 0.15) is 0 Å². The minimum absolute atomic E-state index is 0.0137. The Morgan fingerprint density at radius 2 is 2.22 bits per heavy atom. The molecule has 3 N–H and O–H groups in total. The standard InChI is InChI=1S/C13H22N2O2S/c1-4-11(16)7-8-14-13(17)15-10(3)12-6-5-9(2)18-12/h5-6,10-11,16H,4,7-8H2,1-3H3,(H2,14,15,17)/t10-,11+/m0/s1. The van der Waals surface area contributed by atoms with E-state index in [0.29, 0.717) is 19.4 Å². The Morgan fingerprint density at radius 1 is 1.50 bits per heavy atom. The predicted octanol–water partition coefficient (Wildman–Crippen LogP) is 2.58. The van der Waals surface area contributed by atoms with Gasteiger partial charge in [-0.2, -0.15) is 0 Å². The van der Waals surface area contributed by atoms with Crippen molar-refractivity contribution in [3.63, 3.8) is 0 Å². The molecule has 18 heavy (non-hydrogen) atoms. The van der Waals surface area contributed by atoms with Crippen molar-refractivity contribution in [2.45, 2.75) is 45.8 Å². The summed E-state index contributed by atoms with van der Waals surface area (Å²) in [6.07, 6.45) is 0.979. The fourth-order valence-electron chi connectivity index (χ4n) is 1.56. The van der Waals surface area contributed by atoms with Crippen molar-refractivity contribution < 1.29 is 9.90 Å². The summed E-state index contributed by atoms with van der Waals surface area (Å²) >= 11 is 1.69. The van der Waals surface area contributed by atoms with Gasteiger partial charge in [-0.3, -0.25) is 0 Å². The van der Waals surface area contributed by atoms with Crippen LogP contribution in [0.15, 0.2) is 12.1 Å². The van der Waals surface area contributed by atoms with Crippen molar-refractivity contribution in [2.24, 2.45) is 0 Å². The molecule has 0 aliphatic carbocycles. The van der Waals surface area contributed by atoms with E-state index in [0.717, 1.165) is 4.88 Å². The van der Waals surface area contributed by atoms with Crippen LogP contribution in [0, 0.1) is 6.92 Å². The first-order valence-electron chi connectivity index (χ1n) is 6.31. The third-order valence-corrected chi connectivity index (χ3v) is 3.95. The van der Waals surface area contributed by atoms with Crippen molar-refractivity contribution in [2.75, 3.05) is 6.54 Å². The van der Waals surface area contributed by atoms with Gasteiger partial charge in [0.25, 0.3) is 0 Å². The highest BCUT2D eigenvalue weighted by Gasteiger charge is 2.11. The van der Waals surface area contributed by atoms with Crippen LogP contribution in [-0.2, 0) is 0 Å². The van der Waals surface area contributed by atoms with E-state index in [1.165, 1.54) is 4.88 Å². The Bertz CT molecular complexity index is 379. The number of aryl methyl sites for hydroxylation is 1. The number of hydrogen-bond donors (Lipinski definition) is 3. The van der Waals surface area contributed by atoms with E-state index in [2.05, 4.69) is 10.6 Å². The first-order valence-corrected chi connectivity index (χ1v) is 7.13. The van der Waals surface area contributed by atoms with Crippen LogP contribution in [0.4, 0.5) is 4.79 Å².